The molecule has 0 spiro atoms. The zero-order valence-corrected chi connectivity index (χ0v) is 19.1. The Morgan fingerprint density at radius 2 is 1.76 bits per heavy atom. The summed E-state index contributed by atoms with van der Waals surface area (Å²) >= 11 is 1.11. The third kappa shape index (κ3) is 4.70. The second kappa shape index (κ2) is 9.21. The highest BCUT2D eigenvalue weighted by molar-refractivity contribution is 7.19. The third-order valence-corrected chi connectivity index (χ3v) is 6.37. The first-order valence-corrected chi connectivity index (χ1v) is 11.2. The highest BCUT2D eigenvalue weighted by Gasteiger charge is 2.34. The van der Waals surface area contributed by atoms with E-state index in [0.29, 0.717) is 32.8 Å². The van der Waals surface area contributed by atoms with Gasteiger partial charge in [-0.25, -0.2) is 4.98 Å². The Morgan fingerprint density at radius 3 is 2.41 bits per heavy atom. The van der Waals surface area contributed by atoms with Gasteiger partial charge in [0.1, 0.15) is 10.5 Å². The van der Waals surface area contributed by atoms with Gasteiger partial charge < -0.3 is 10.0 Å². The molecule has 174 valence electrons. The van der Waals surface area contributed by atoms with Crippen LogP contribution < -0.4 is 10.4 Å². The average molecular weight is 484 g/mol. The molecule has 0 atom stereocenters. The van der Waals surface area contributed by atoms with Crippen LogP contribution in [0.1, 0.15) is 21.7 Å². The number of carbonyl (C=O) groups is 1. The summed E-state index contributed by atoms with van der Waals surface area (Å²) in [7, 11) is -1.67. The van der Waals surface area contributed by atoms with Gasteiger partial charge in [-0.15, -0.1) is 11.3 Å². The van der Waals surface area contributed by atoms with E-state index < -0.39 is 19.0 Å². The van der Waals surface area contributed by atoms with Crippen molar-refractivity contribution in [1.82, 2.24) is 4.98 Å². The summed E-state index contributed by atoms with van der Waals surface area (Å²) in [6.45, 7) is 3.33. The van der Waals surface area contributed by atoms with Crippen molar-refractivity contribution < 1.29 is 28.0 Å². The number of carbonyl (C=O) groups excluding carboxylic acids is 1. The molecule has 0 bridgehead atoms. The quantitative estimate of drug-likeness (QED) is 0.409. The van der Waals surface area contributed by atoms with Gasteiger partial charge in [-0.3, -0.25) is 9.69 Å². The van der Waals surface area contributed by atoms with Crippen molar-refractivity contribution in [2.24, 2.45) is 0 Å². The van der Waals surface area contributed by atoms with Gasteiger partial charge in [-0.1, -0.05) is 42.5 Å². The van der Waals surface area contributed by atoms with Crippen LogP contribution in [0, 0.1) is 13.8 Å². The Labute approximate surface area is 198 Å². The first-order chi connectivity index (χ1) is 16.1. The minimum absolute atomic E-state index is 0.0562. The Morgan fingerprint density at radius 1 is 1.06 bits per heavy atom. The Balaban J connectivity index is 1.85. The van der Waals surface area contributed by atoms with Crippen molar-refractivity contribution in [3.8, 4) is 0 Å². The van der Waals surface area contributed by atoms with Crippen LogP contribution in [0.3, 0.4) is 0 Å². The van der Waals surface area contributed by atoms with Gasteiger partial charge in [0, 0.05) is 16.0 Å². The zero-order chi connectivity index (χ0) is 24.6. The molecule has 0 aliphatic carbocycles. The number of rotatable bonds is 5. The highest BCUT2D eigenvalue weighted by Crippen LogP contribution is 2.43. The first-order valence-electron chi connectivity index (χ1n) is 10.4. The standard InChI is InChI=1S/C24H20BF3N2O3S/c1-14-11-19(24(26,27)28)29-23-21(14)22(15(2)34-23)30(18-9-4-3-5-10-18)20(31)13-16-7-6-8-17(12-16)25(32)33/h3-12,32-33H,13H2,1-2H3. The number of hydrogen-bond acceptors (Lipinski definition) is 5. The molecule has 0 aliphatic heterocycles. The van der Waals surface area contributed by atoms with E-state index in [1.165, 1.54) is 17.0 Å². The molecule has 2 N–H and O–H groups in total. The monoisotopic (exact) mass is 484 g/mol. The third-order valence-electron chi connectivity index (χ3n) is 5.39. The summed E-state index contributed by atoms with van der Waals surface area (Å²) in [5.74, 6) is -0.321. The van der Waals surface area contributed by atoms with Crippen LogP contribution in [0.5, 0.6) is 0 Å². The number of thiophene rings is 1. The maximum absolute atomic E-state index is 13.6. The number of hydrogen-bond donors (Lipinski definition) is 2. The SMILES string of the molecule is Cc1sc2nc(C(F)(F)F)cc(C)c2c1N(C(=O)Cc1cccc(B(O)O)c1)c1ccccc1. The molecule has 0 aliphatic rings. The van der Waals surface area contributed by atoms with Crippen molar-refractivity contribution in [2.45, 2.75) is 26.4 Å². The van der Waals surface area contributed by atoms with Crippen LogP contribution in [0.25, 0.3) is 10.2 Å². The smallest absolute Gasteiger partial charge is 0.423 e. The number of anilines is 2. The lowest BCUT2D eigenvalue weighted by atomic mass is 9.79. The van der Waals surface area contributed by atoms with Crippen molar-refractivity contribution in [1.29, 1.82) is 0 Å². The lowest BCUT2D eigenvalue weighted by Crippen LogP contribution is -2.31. The molecule has 0 unspecified atom stereocenters. The van der Waals surface area contributed by atoms with E-state index in [4.69, 9.17) is 0 Å². The van der Waals surface area contributed by atoms with Gasteiger partial charge in [-0.2, -0.15) is 13.2 Å². The summed E-state index contributed by atoms with van der Waals surface area (Å²) in [6, 6.07) is 16.3. The number of para-hydroxylation sites is 1. The molecule has 10 heteroatoms. The molecule has 34 heavy (non-hydrogen) atoms. The molecule has 1 amide bonds. The van der Waals surface area contributed by atoms with E-state index in [1.807, 2.05) is 0 Å². The van der Waals surface area contributed by atoms with E-state index in [0.717, 1.165) is 17.4 Å². The molecular weight excluding hydrogens is 464 g/mol. The maximum Gasteiger partial charge on any atom is 0.488 e. The molecule has 0 radical (unpaired) electrons. The molecular formula is C24H20BF3N2O3S. The number of halogens is 3. The zero-order valence-electron chi connectivity index (χ0n) is 18.3. The number of aryl methyl sites for hydroxylation is 2. The number of amides is 1. The van der Waals surface area contributed by atoms with Gasteiger partial charge in [-0.05, 0) is 48.6 Å². The van der Waals surface area contributed by atoms with E-state index in [-0.39, 0.29) is 22.6 Å². The fraction of sp³-hybridized carbons (Fsp3) is 0.167. The van der Waals surface area contributed by atoms with Crippen LogP contribution in [0.2, 0.25) is 0 Å². The summed E-state index contributed by atoms with van der Waals surface area (Å²) in [5.41, 5.74) is 1.29. The minimum atomic E-state index is -4.58. The van der Waals surface area contributed by atoms with Crippen molar-refractivity contribution in [3.63, 3.8) is 0 Å². The van der Waals surface area contributed by atoms with Crippen LogP contribution >= 0.6 is 11.3 Å². The summed E-state index contributed by atoms with van der Waals surface area (Å²) in [4.78, 5) is 19.8. The molecule has 2 aromatic carbocycles. The molecule has 4 rings (SSSR count). The van der Waals surface area contributed by atoms with Gasteiger partial charge in [0.25, 0.3) is 0 Å². The van der Waals surface area contributed by atoms with Gasteiger partial charge in [0.2, 0.25) is 5.91 Å². The van der Waals surface area contributed by atoms with Gasteiger partial charge in [0.05, 0.1) is 12.1 Å². The second-order valence-electron chi connectivity index (χ2n) is 7.87. The lowest BCUT2D eigenvalue weighted by molar-refractivity contribution is -0.141. The molecule has 0 saturated heterocycles. The molecule has 4 aromatic rings. The molecule has 0 saturated carbocycles. The van der Waals surface area contributed by atoms with Crippen molar-refractivity contribution in [3.05, 3.63) is 82.4 Å². The Hall–Kier alpha value is -3.21. The van der Waals surface area contributed by atoms with Crippen LogP contribution in [0.4, 0.5) is 24.5 Å². The number of benzene rings is 2. The van der Waals surface area contributed by atoms with Gasteiger partial charge >= 0.3 is 13.3 Å². The normalized spacial score (nSPS) is 11.6. The van der Waals surface area contributed by atoms with E-state index in [2.05, 4.69) is 4.98 Å². The predicted molar refractivity (Wildman–Crippen MR) is 128 cm³/mol. The first kappa shape index (κ1) is 23.9. The molecule has 5 nitrogen and oxygen atoms in total. The van der Waals surface area contributed by atoms with Crippen molar-refractivity contribution >= 4 is 51.4 Å². The second-order valence-corrected chi connectivity index (χ2v) is 9.07. The Bertz CT molecular complexity index is 1360. The Kier molecular flexibility index (Phi) is 6.48. The molecule has 2 aromatic heterocycles. The number of nitrogens with zero attached hydrogens (tertiary/aromatic N) is 2. The van der Waals surface area contributed by atoms with Crippen LogP contribution in [-0.2, 0) is 17.4 Å². The summed E-state index contributed by atoms with van der Waals surface area (Å²) in [6.07, 6.45) is -4.63. The van der Waals surface area contributed by atoms with E-state index >= 15 is 0 Å². The van der Waals surface area contributed by atoms with Crippen LogP contribution in [-0.4, -0.2) is 28.1 Å². The van der Waals surface area contributed by atoms with E-state index in [1.54, 1.807) is 56.3 Å². The largest absolute Gasteiger partial charge is 0.488 e. The average Bonchev–Trinajstić information content (AvgIpc) is 3.10. The fourth-order valence-corrected chi connectivity index (χ4v) is 4.97. The summed E-state index contributed by atoms with van der Waals surface area (Å²) in [5, 5.41) is 19.4. The summed E-state index contributed by atoms with van der Waals surface area (Å²) < 4.78 is 40.0. The predicted octanol–water partition coefficient (Wildman–Crippen LogP) is 4.52. The van der Waals surface area contributed by atoms with E-state index in [9.17, 15) is 28.0 Å². The number of fused-ring (bicyclic) bond motifs is 1. The number of pyridine rings is 1. The molecule has 0 fully saturated rings. The fourth-order valence-electron chi connectivity index (χ4n) is 3.88. The lowest BCUT2D eigenvalue weighted by Gasteiger charge is -2.24. The topological polar surface area (TPSA) is 73.7 Å². The number of aromatic nitrogens is 1. The maximum atomic E-state index is 13.6. The van der Waals surface area contributed by atoms with Crippen molar-refractivity contribution in [2.75, 3.05) is 4.90 Å². The highest BCUT2D eigenvalue weighted by atomic mass is 32.1. The van der Waals surface area contributed by atoms with Crippen LogP contribution in [0.15, 0.2) is 60.7 Å². The number of alkyl halides is 3. The van der Waals surface area contributed by atoms with Gasteiger partial charge in [0.15, 0.2) is 0 Å². The molecule has 2 heterocycles. The minimum Gasteiger partial charge on any atom is -0.423 e.